The van der Waals surface area contributed by atoms with Crippen molar-refractivity contribution in [3.8, 4) is 17.2 Å². The molecule has 0 saturated carbocycles. The molecule has 0 atom stereocenters. The molecule has 0 aliphatic carbocycles. The van der Waals surface area contributed by atoms with Crippen LogP contribution in [0, 0.1) is 6.92 Å². The van der Waals surface area contributed by atoms with Crippen molar-refractivity contribution in [3.05, 3.63) is 53.1 Å². The zero-order chi connectivity index (χ0) is 14.8. The lowest BCUT2D eigenvalue weighted by Gasteiger charge is -2.11. The first-order chi connectivity index (χ1) is 9.33. The summed E-state index contributed by atoms with van der Waals surface area (Å²) in [7, 11) is 0. The molecule has 2 nitrogen and oxygen atoms in total. The van der Waals surface area contributed by atoms with Crippen molar-refractivity contribution in [1.82, 2.24) is 0 Å². The summed E-state index contributed by atoms with van der Waals surface area (Å²) < 4.78 is 45.5. The van der Waals surface area contributed by atoms with E-state index in [-0.39, 0.29) is 16.5 Å². The van der Waals surface area contributed by atoms with E-state index in [2.05, 4.69) is 4.74 Å². The van der Waals surface area contributed by atoms with E-state index in [0.29, 0.717) is 5.75 Å². The quantitative estimate of drug-likeness (QED) is 0.762. The molecule has 106 valence electrons. The Balaban J connectivity index is 2.18. The molecule has 0 bridgehead atoms. The summed E-state index contributed by atoms with van der Waals surface area (Å²) in [5.41, 5.74) is 0.996. The molecule has 0 aliphatic heterocycles. The van der Waals surface area contributed by atoms with Crippen molar-refractivity contribution in [2.45, 2.75) is 13.3 Å². The predicted octanol–water partition coefficient (Wildman–Crippen LogP) is 5.34. The van der Waals surface area contributed by atoms with E-state index in [1.54, 1.807) is 18.2 Å². The lowest BCUT2D eigenvalue weighted by Crippen LogP contribution is -2.17. The van der Waals surface area contributed by atoms with Crippen LogP contribution < -0.4 is 9.47 Å². The van der Waals surface area contributed by atoms with Crippen molar-refractivity contribution < 1.29 is 22.6 Å². The zero-order valence-corrected chi connectivity index (χ0v) is 11.1. The SMILES string of the molecule is Cc1cccc(Oc2ccc(OC(F)(F)F)cc2Cl)c1. The summed E-state index contributed by atoms with van der Waals surface area (Å²) in [6.07, 6.45) is -4.75. The smallest absolute Gasteiger partial charge is 0.456 e. The molecule has 0 N–H and O–H groups in total. The second-order valence-electron chi connectivity index (χ2n) is 4.06. The largest absolute Gasteiger partial charge is 0.573 e. The van der Waals surface area contributed by atoms with Gasteiger partial charge in [-0.15, -0.1) is 13.2 Å². The van der Waals surface area contributed by atoms with Gasteiger partial charge in [0.25, 0.3) is 0 Å². The first kappa shape index (κ1) is 14.5. The molecule has 0 spiro atoms. The van der Waals surface area contributed by atoms with Gasteiger partial charge < -0.3 is 9.47 Å². The Kier molecular flexibility index (Phi) is 4.09. The van der Waals surface area contributed by atoms with Crippen LogP contribution in [-0.4, -0.2) is 6.36 Å². The normalized spacial score (nSPS) is 11.2. The fourth-order valence-corrected chi connectivity index (χ4v) is 1.78. The Morgan fingerprint density at radius 3 is 2.35 bits per heavy atom. The molecular formula is C14H10ClF3O2. The molecule has 2 rings (SSSR count). The molecule has 0 heterocycles. The third-order valence-corrected chi connectivity index (χ3v) is 2.65. The van der Waals surface area contributed by atoms with E-state index in [1.165, 1.54) is 6.07 Å². The van der Waals surface area contributed by atoms with Crippen molar-refractivity contribution in [2.24, 2.45) is 0 Å². The number of halogens is 4. The number of rotatable bonds is 3. The Hall–Kier alpha value is -1.88. The Morgan fingerprint density at radius 2 is 1.75 bits per heavy atom. The second kappa shape index (κ2) is 5.63. The van der Waals surface area contributed by atoms with Gasteiger partial charge in [0.05, 0.1) is 5.02 Å². The monoisotopic (exact) mass is 302 g/mol. The zero-order valence-electron chi connectivity index (χ0n) is 10.4. The van der Waals surface area contributed by atoms with E-state index in [0.717, 1.165) is 17.7 Å². The van der Waals surface area contributed by atoms with Gasteiger partial charge in [0.2, 0.25) is 0 Å². The second-order valence-corrected chi connectivity index (χ2v) is 4.47. The minimum atomic E-state index is -4.75. The summed E-state index contributed by atoms with van der Waals surface area (Å²) in [5.74, 6) is 0.419. The van der Waals surface area contributed by atoms with Gasteiger partial charge in [-0.25, -0.2) is 0 Å². The van der Waals surface area contributed by atoms with Gasteiger partial charge in [-0.2, -0.15) is 0 Å². The van der Waals surface area contributed by atoms with Crippen molar-refractivity contribution in [1.29, 1.82) is 0 Å². The molecular weight excluding hydrogens is 293 g/mol. The van der Waals surface area contributed by atoms with Crippen LogP contribution in [0.3, 0.4) is 0 Å². The molecule has 0 amide bonds. The highest BCUT2D eigenvalue weighted by molar-refractivity contribution is 6.32. The van der Waals surface area contributed by atoms with Crippen LogP contribution in [0.1, 0.15) is 5.56 Å². The number of aryl methyl sites for hydroxylation is 1. The van der Waals surface area contributed by atoms with Crippen LogP contribution in [-0.2, 0) is 0 Å². The molecule has 0 radical (unpaired) electrons. The van der Waals surface area contributed by atoms with Crippen LogP contribution in [0.4, 0.5) is 13.2 Å². The van der Waals surface area contributed by atoms with Crippen LogP contribution >= 0.6 is 11.6 Å². The number of hydrogen-bond acceptors (Lipinski definition) is 2. The maximum absolute atomic E-state index is 12.1. The first-order valence-electron chi connectivity index (χ1n) is 5.63. The van der Waals surface area contributed by atoms with Crippen LogP contribution in [0.15, 0.2) is 42.5 Å². The minimum Gasteiger partial charge on any atom is -0.456 e. The van der Waals surface area contributed by atoms with E-state index in [4.69, 9.17) is 16.3 Å². The summed E-state index contributed by atoms with van der Waals surface area (Å²) in [6.45, 7) is 1.90. The Morgan fingerprint density at radius 1 is 1.00 bits per heavy atom. The van der Waals surface area contributed by atoms with Gasteiger partial charge in [-0.05, 0) is 36.8 Å². The summed E-state index contributed by atoms with van der Waals surface area (Å²) in [4.78, 5) is 0. The van der Waals surface area contributed by atoms with Crippen LogP contribution in [0.2, 0.25) is 5.02 Å². The summed E-state index contributed by atoms with van der Waals surface area (Å²) >= 11 is 5.88. The van der Waals surface area contributed by atoms with Gasteiger partial charge in [-0.3, -0.25) is 0 Å². The third-order valence-electron chi connectivity index (χ3n) is 2.35. The molecule has 6 heteroatoms. The van der Waals surface area contributed by atoms with Gasteiger partial charge >= 0.3 is 6.36 Å². The molecule has 0 saturated heterocycles. The standard InChI is InChI=1S/C14H10ClF3O2/c1-9-3-2-4-10(7-9)19-13-6-5-11(8-12(13)15)20-14(16,17)18/h2-8H,1H3. The summed E-state index contributed by atoms with van der Waals surface area (Å²) in [6, 6.07) is 10.7. The fraction of sp³-hybridized carbons (Fsp3) is 0.143. The Bertz CT molecular complexity index is 612. The number of alkyl halides is 3. The van der Waals surface area contributed by atoms with Gasteiger partial charge in [0.15, 0.2) is 0 Å². The average molecular weight is 303 g/mol. The van der Waals surface area contributed by atoms with Crippen molar-refractivity contribution >= 4 is 11.6 Å². The van der Waals surface area contributed by atoms with Crippen LogP contribution in [0.5, 0.6) is 17.2 Å². The molecule has 2 aromatic rings. The number of hydrogen-bond donors (Lipinski definition) is 0. The molecule has 0 fully saturated rings. The first-order valence-corrected chi connectivity index (χ1v) is 6.01. The number of benzene rings is 2. The maximum atomic E-state index is 12.1. The highest BCUT2D eigenvalue weighted by Crippen LogP contribution is 2.34. The maximum Gasteiger partial charge on any atom is 0.573 e. The van der Waals surface area contributed by atoms with E-state index < -0.39 is 6.36 Å². The minimum absolute atomic E-state index is 0.0354. The van der Waals surface area contributed by atoms with E-state index in [1.807, 2.05) is 13.0 Å². The molecule has 20 heavy (non-hydrogen) atoms. The Labute approximate surface area is 118 Å². The lowest BCUT2D eigenvalue weighted by atomic mass is 10.2. The predicted molar refractivity (Wildman–Crippen MR) is 69.4 cm³/mol. The summed E-state index contributed by atoms with van der Waals surface area (Å²) in [5, 5.41) is 0.0354. The number of ether oxygens (including phenoxy) is 2. The lowest BCUT2D eigenvalue weighted by molar-refractivity contribution is -0.274. The van der Waals surface area contributed by atoms with Gasteiger partial charge in [0, 0.05) is 6.07 Å². The van der Waals surface area contributed by atoms with E-state index in [9.17, 15) is 13.2 Å². The molecule has 0 aromatic heterocycles. The topological polar surface area (TPSA) is 18.5 Å². The van der Waals surface area contributed by atoms with Crippen molar-refractivity contribution in [3.63, 3.8) is 0 Å². The van der Waals surface area contributed by atoms with E-state index >= 15 is 0 Å². The molecule has 2 aromatic carbocycles. The molecule has 0 aliphatic rings. The fourth-order valence-electron chi connectivity index (χ4n) is 1.57. The van der Waals surface area contributed by atoms with Gasteiger partial charge in [0.1, 0.15) is 17.2 Å². The highest BCUT2D eigenvalue weighted by atomic mass is 35.5. The molecule has 0 unspecified atom stereocenters. The average Bonchev–Trinajstić information content (AvgIpc) is 2.31. The van der Waals surface area contributed by atoms with Crippen molar-refractivity contribution in [2.75, 3.05) is 0 Å². The van der Waals surface area contributed by atoms with Crippen LogP contribution in [0.25, 0.3) is 0 Å². The third kappa shape index (κ3) is 4.06. The van der Waals surface area contributed by atoms with Gasteiger partial charge in [-0.1, -0.05) is 23.7 Å². The highest BCUT2D eigenvalue weighted by Gasteiger charge is 2.31.